The average Bonchev–Trinajstić information content (AvgIpc) is 2.60. The molecule has 5 heteroatoms. The summed E-state index contributed by atoms with van der Waals surface area (Å²) in [6.45, 7) is 0. The standard InChI is InChI=1S/C10H5F2N3/c11-8-3-1-2-4-9(8)15-10(12)7(5-13)6-14-15/h1-4,6H. The minimum atomic E-state index is -0.859. The van der Waals surface area contributed by atoms with Gasteiger partial charge in [0, 0.05) is 0 Å². The van der Waals surface area contributed by atoms with Crippen LogP contribution in [0.4, 0.5) is 8.78 Å². The highest BCUT2D eigenvalue weighted by Crippen LogP contribution is 2.15. The molecule has 1 aromatic heterocycles. The predicted octanol–water partition coefficient (Wildman–Crippen LogP) is 2.02. The van der Waals surface area contributed by atoms with Gasteiger partial charge in [-0.05, 0) is 12.1 Å². The molecule has 0 amide bonds. The van der Waals surface area contributed by atoms with Gasteiger partial charge in [-0.3, -0.25) is 0 Å². The fourth-order valence-electron chi connectivity index (χ4n) is 1.20. The molecule has 0 spiro atoms. The number of nitrogens with zero attached hydrogens (tertiary/aromatic N) is 3. The Labute approximate surface area is 84.2 Å². The largest absolute Gasteiger partial charge is 0.234 e. The van der Waals surface area contributed by atoms with Gasteiger partial charge in [0.25, 0.3) is 0 Å². The summed E-state index contributed by atoms with van der Waals surface area (Å²) < 4.78 is 27.4. The first-order chi connectivity index (χ1) is 7.24. The molecular formula is C10H5F2N3. The van der Waals surface area contributed by atoms with Crippen molar-refractivity contribution in [2.24, 2.45) is 0 Å². The number of hydrogen-bond donors (Lipinski definition) is 0. The number of benzene rings is 1. The predicted molar refractivity (Wildman–Crippen MR) is 48.2 cm³/mol. The van der Waals surface area contributed by atoms with Crippen molar-refractivity contribution in [1.82, 2.24) is 9.78 Å². The summed E-state index contributed by atoms with van der Waals surface area (Å²) in [5.74, 6) is -1.45. The first kappa shape index (κ1) is 9.34. The fourth-order valence-corrected chi connectivity index (χ4v) is 1.20. The Hall–Kier alpha value is -2.22. The molecule has 0 aliphatic rings. The van der Waals surface area contributed by atoms with Crippen molar-refractivity contribution in [3.8, 4) is 11.8 Å². The molecule has 0 fully saturated rings. The fraction of sp³-hybridized carbons (Fsp3) is 0. The average molecular weight is 205 g/mol. The lowest BCUT2D eigenvalue weighted by atomic mass is 10.3. The highest BCUT2D eigenvalue weighted by atomic mass is 19.1. The highest BCUT2D eigenvalue weighted by molar-refractivity contribution is 5.35. The first-order valence-electron chi connectivity index (χ1n) is 4.12. The Bertz CT molecular complexity index is 540. The molecule has 0 saturated heterocycles. The molecule has 2 rings (SSSR count). The lowest BCUT2D eigenvalue weighted by molar-refractivity contribution is 0.518. The smallest absolute Gasteiger partial charge is 0.205 e. The van der Waals surface area contributed by atoms with Gasteiger partial charge in [-0.1, -0.05) is 12.1 Å². The van der Waals surface area contributed by atoms with Crippen molar-refractivity contribution < 1.29 is 8.78 Å². The lowest BCUT2D eigenvalue weighted by Crippen LogP contribution is -2.02. The van der Waals surface area contributed by atoms with Crippen LogP contribution in [0.3, 0.4) is 0 Å². The quantitative estimate of drug-likeness (QED) is 0.714. The molecule has 1 aromatic carbocycles. The molecule has 0 aliphatic heterocycles. The van der Waals surface area contributed by atoms with Crippen LogP contribution in [0.1, 0.15) is 5.56 Å². The Morgan fingerprint density at radius 2 is 2.00 bits per heavy atom. The van der Waals surface area contributed by atoms with E-state index in [1.54, 1.807) is 12.1 Å². The van der Waals surface area contributed by atoms with Crippen LogP contribution in [-0.2, 0) is 0 Å². The van der Waals surface area contributed by atoms with Gasteiger partial charge < -0.3 is 0 Å². The van der Waals surface area contributed by atoms with Crippen molar-refractivity contribution in [2.75, 3.05) is 0 Å². The van der Waals surface area contributed by atoms with E-state index in [-0.39, 0.29) is 11.3 Å². The van der Waals surface area contributed by atoms with Crippen molar-refractivity contribution in [2.45, 2.75) is 0 Å². The Kier molecular flexibility index (Phi) is 2.18. The second-order valence-electron chi connectivity index (χ2n) is 2.82. The third-order valence-electron chi connectivity index (χ3n) is 1.91. The molecule has 0 N–H and O–H groups in total. The van der Waals surface area contributed by atoms with E-state index in [4.69, 9.17) is 5.26 Å². The molecule has 0 atom stereocenters. The summed E-state index contributed by atoms with van der Waals surface area (Å²) in [5, 5.41) is 12.1. The van der Waals surface area contributed by atoms with Crippen molar-refractivity contribution in [3.63, 3.8) is 0 Å². The molecule has 0 saturated carbocycles. The van der Waals surface area contributed by atoms with Crippen molar-refractivity contribution in [1.29, 1.82) is 5.26 Å². The van der Waals surface area contributed by atoms with E-state index in [1.807, 2.05) is 0 Å². The van der Waals surface area contributed by atoms with Crippen LogP contribution in [0.15, 0.2) is 30.5 Å². The highest BCUT2D eigenvalue weighted by Gasteiger charge is 2.13. The molecule has 0 unspecified atom stereocenters. The summed E-state index contributed by atoms with van der Waals surface area (Å²) in [6, 6.07) is 7.26. The zero-order valence-electron chi connectivity index (χ0n) is 7.48. The summed E-state index contributed by atoms with van der Waals surface area (Å²) in [4.78, 5) is 0. The SMILES string of the molecule is N#Cc1cnn(-c2ccccc2F)c1F. The Balaban J connectivity index is 2.61. The number of aromatic nitrogens is 2. The van der Waals surface area contributed by atoms with Gasteiger partial charge in [-0.25, -0.2) is 9.07 Å². The normalized spacial score (nSPS) is 9.93. The third-order valence-corrected chi connectivity index (χ3v) is 1.91. The van der Waals surface area contributed by atoms with E-state index in [0.29, 0.717) is 0 Å². The van der Waals surface area contributed by atoms with Crippen LogP contribution < -0.4 is 0 Å². The number of rotatable bonds is 1. The molecule has 0 radical (unpaired) electrons. The minimum absolute atomic E-state index is 0.0171. The Morgan fingerprint density at radius 3 is 2.60 bits per heavy atom. The van der Waals surface area contributed by atoms with Gasteiger partial charge >= 0.3 is 0 Å². The first-order valence-corrected chi connectivity index (χ1v) is 4.12. The maximum Gasteiger partial charge on any atom is 0.234 e. The second kappa shape index (κ2) is 3.50. The van der Waals surface area contributed by atoms with Gasteiger partial charge in [-0.15, -0.1) is 0 Å². The van der Waals surface area contributed by atoms with Crippen LogP contribution in [-0.4, -0.2) is 9.78 Å². The van der Waals surface area contributed by atoms with Gasteiger partial charge in [-0.2, -0.15) is 14.8 Å². The molecule has 15 heavy (non-hydrogen) atoms. The van der Waals surface area contributed by atoms with Crippen LogP contribution in [0.2, 0.25) is 0 Å². The summed E-state index contributed by atoms with van der Waals surface area (Å²) in [7, 11) is 0. The van der Waals surface area contributed by atoms with Gasteiger partial charge in [0.15, 0.2) is 0 Å². The van der Waals surface area contributed by atoms with E-state index in [0.717, 1.165) is 10.9 Å². The van der Waals surface area contributed by atoms with Crippen LogP contribution in [0.25, 0.3) is 5.69 Å². The topological polar surface area (TPSA) is 41.6 Å². The molecule has 0 aliphatic carbocycles. The van der Waals surface area contributed by atoms with Crippen LogP contribution >= 0.6 is 0 Å². The Morgan fingerprint density at radius 1 is 1.27 bits per heavy atom. The molecule has 74 valence electrons. The summed E-state index contributed by atoms with van der Waals surface area (Å²) >= 11 is 0. The number of halogens is 2. The van der Waals surface area contributed by atoms with Gasteiger partial charge in [0.05, 0.1) is 6.20 Å². The summed E-state index contributed by atoms with van der Waals surface area (Å²) in [5.41, 5.74) is -0.227. The number of hydrogen-bond acceptors (Lipinski definition) is 2. The van der Waals surface area contributed by atoms with Gasteiger partial charge in [0.2, 0.25) is 5.95 Å². The van der Waals surface area contributed by atoms with E-state index in [1.165, 1.54) is 18.2 Å². The maximum atomic E-state index is 13.4. The minimum Gasteiger partial charge on any atom is -0.205 e. The van der Waals surface area contributed by atoms with E-state index in [9.17, 15) is 8.78 Å². The van der Waals surface area contributed by atoms with Crippen molar-refractivity contribution in [3.05, 3.63) is 47.8 Å². The number of para-hydroxylation sites is 1. The zero-order valence-corrected chi connectivity index (χ0v) is 7.48. The summed E-state index contributed by atoms with van der Waals surface area (Å²) in [6.07, 6.45) is 1.06. The van der Waals surface area contributed by atoms with E-state index >= 15 is 0 Å². The van der Waals surface area contributed by atoms with Gasteiger partial charge in [0.1, 0.15) is 23.1 Å². The molecular weight excluding hydrogens is 200 g/mol. The monoisotopic (exact) mass is 205 g/mol. The molecule has 0 bridgehead atoms. The molecule has 3 nitrogen and oxygen atoms in total. The third kappa shape index (κ3) is 1.46. The van der Waals surface area contributed by atoms with Crippen molar-refractivity contribution >= 4 is 0 Å². The maximum absolute atomic E-state index is 13.4. The van der Waals surface area contributed by atoms with E-state index < -0.39 is 11.8 Å². The zero-order chi connectivity index (χ0) is 10.8. The number of nitriles is 1. The van der Waals surface area contributed by atoms with E-state index in [2.05, 4.69) is 5.10 Å². The van der Waals surface area contributed by atoms with Crippen LogP contribution in [0, 0.1) is 23.1 Å². The lowest BCUT2D eigenvalue weighted by Gasteiger charge is -2.02. The molecule has 2 aromatic rings. The second-order valence-corrected chi connectivity index (χ2v) is 2.82. The molecule has 1 heterocycles. The van der Waals surface area contributed by atoms with Crippen LogP contribution in [0.5, 0.6) is 0 Å².